The van der Waals surface area contributed by atoms with Crippen molar-refractivity contribution >= 4 is 5.97 Å². The molecule has 1 aromatic rings. The van der Waals surface area contributed by atoms with Crippen molar-refractivity contribution in [2.45, 2.75) is 12.6 Å². The van der Waals surface area contributed by atoms with Crippen LogP contribution in [0.3, 0.4) is 0 Å². The van der Waals surface area contributed by atoms with Crippen LogP contribution in [0.1, 0.15) is 11.3 Å². The van der Waals surface area contributed by atoms with Gasteiger partial charge in [0.1, 0.15) is 5.69 Å². The van der Waals surface area contributed by atoms with Gasteiger partial charge >= 0.3 is 12.1 Å². The molecule has 4 nitrogen and oxygen atoms in total. The number of pyridine rings is 1. The number of aromatic amines is 1. The number of alkyl halides is 3. The first-order chi connectivity index (χ1) is 6.80. The zero-order chi connectivity index (χ0) is 11.6. The smallest absolute Gasteiger partial charge is 0.431 e. The molecule has 0 saturated heterocycles. The van der Waals surface area contributed by atoms with Crippen molar-refractivity contribution in [2.24, 2.45) is 0 Å². The van der Waals surface area contributed by atoms with Crippen LogP contribution in [0.4, 0.5) is 13.2 Å². The van der Waals surface area contributed by atoms with Crippen molar-refractivity contribution < 1.29 is 23.1 Å². The predicted octanol–water partition coefficient (Wildman–Crippen LogP) is 1.02. The predicted molar refractivity (Wildman–Crippen MR) is 43.4 cm³/mol. The minimum Gasteiger partial charge on any atom is -0.481 e. The number of nitrogens with one attached hydrogen (secondary N) is 1. The summed E-state index contributed by atoms with van der Waals surface area (Å²) in [5.41, 5.74) is -2.35. The molecule has 0 radical (unpaired) electrons. The average molecular weight is 221 g/mol. The Morgan fingerprint density at radius 3 is 2.47 bits per heavy atom. The normalized spacial score (nSPS) is 11.4. The third-order valence-electron chi connectivity index (χ3n) is 1.64. The molecule has 2 N–H and O–H groups in total. The van der Waals surface area contributed by atoms with E-state index >= 15 is 0 Å². The maximum atomic E-state index is 12.1. The van der Waals surface area contributed by atoms with Crippen molar-refractivity contribution in [3.8, 4) is 0 Å². The summed E-state index contributed by atoms with van der Waals surface area (Å²) < 4.78 is 36.2. The third-order valence-corrected chi connectivity index (χ3v) is 1.64. The Bertz CT molecular complexity index is 435. The fraction of sp³-hybridized carbons (Fsp3) is 0.250. The highest BCUT2D eigenvalue weighted by Crippen LogP contribution is 2.26. The lowest BCUT2D eigenvalue weighted by molar-refractivity contribution is -0.141. The lowest BCUT2D eigenvalue weighted by Gasteiger charge is -2.06. The second-order valence-electron chi connectivity index (χ2n) is 2.80. The highest BCUT2D eigenvalue weighted by molar-refractivity contribution is 5.69. The number of carbonyl (C=O) groups is 1. The zero-order valence-corrected chi connectivity index (χ0v) is 7.26. The monoisotopic (exact) mass is 221 g/mol. The summed E-state index contributed by atoms with van der Waals surface area (Å²) in [6.07, 6.45) is -4.48. The van der Waals surface area contributed by atoms with Gasteiger partial charge in [0.25, 0.3) is 0 Å². The van der Waals surface area contributed by atoms with Crippen molar-refractivity contribution in [2.75, 3.05) is 0 Å². The van der Waals surface area contributed by atoms with Gasteiger partial charge in [0.2, 0.25) is 0 Å². The second-order valence-corrected chi connectivity index (χ2v) is 2.80. The molecule has 82 valence electrons. The standard InChI is InChI=1S/C8H6F3NO3/c9-8(10,11)6-2-5(13)4(3-12-6)1-7(14)15/h2-3H,1H2,(H,12,13)(H,14,15). The molecule has 0 saturated carbocycles. The molecule has 0 unspecified atom stereocenters. The number of hydrogen-bond donors (Lipinski definition) is 2. The Kier molecular flexibility index (Phi) is 2.83. The van der Waals surface area contributed by atoms with E-state index in [1.54, 1.807) is 0 Å². The van der Waals surface area contributed by atoms with Crippen LogP contribution in [-0.4, -0.2) is 16.1 Å². The van der Waals surface area contributed by atoms with Gasteiger partial charge in [-0.05, 0) is 0 Å². The molecule has 0 spiro atoms. The van der Waals surface area contributed by atoms with Crippen LogP contribution in [-0.2, 0) is 17.4 Å². The van der Waals surface area contributed by atoms with Gasteiger partial charge < -0.3 is 10.1 Å². The number of aliphatic carboxylic acids is 1. The average Bonchev–Trinajstić information content (AvgIpc) is 2.05. The van der Waals surface area contributed by atoms with E-state index in [-0.39, 0.29) is 5.56 Å². The molecule has 0 aromatic carbocycles. The topological polar surface area (TPSA) is 70.2 Å². The van der Waals surface area contributed by atoms with Gasteiger partial charge in [-0.2, -0.15) is 13.2 Å². The summed E-state index contributed by atoms with van der Waals surface area (Å²) in [5.74, 6) is -1.28. The van der Waals surface area contributed by atoms with Crippen LogP contribution in [0.5, 0.6) is 0 Å². The van der Waals surface area contributed by atoms with E-state index in [2.05, 4.69) is 0 Å². The van der Waals surface area contributed by atoms with E-state index in [0.717, 1.165) is 6.20 Å². The Morgan fingerprint density at radius 2 is 2.07 bits per heavy atom. The quantitative estimate of drug-likeness (QED) is 0.783. The van der Waals surface area contributed by atoms with Crippen molar-refractivity contribution in [1.82, 2.24) is 4.98 Å². The fourth-order valence-electron chi connectivity index (χ4n) is 0.966. The van der Waals surface area contributed by atoms with E-state index in [1.807, 2.05) is 4.98 Å². The van der Waals surface area contributed by atoms with Crippen LogP contribution in [0.2, 0.25) is 0 Å². The molecule has 0 aliphatic rings. The first-order valence-corrected chi connectivity index (χ1v) is 3.81. The summed E-state index contributed by atoms with van der Waals surface area (Å²) in [5, 5.41) is 8.35. The minimum absolute atomic E-state index is 0.212. The number of halogens is 3. The van der Waals surface area contributed by atoms with Crippen LogP contribution < -0.4 is 5.43 Å². The van der Waals surface area contributed by atoms with Crippen LogP contribution >= 0.6 is 0 Å². The van der Waals surface area contributed by atoms with Crippen LogP contribution in [0.25, 0.3) is 0 Å². The number of carboxylic acid groups (broad SMARTS) is 1. The lowest BCUT2D eigenvalue weighted by Crippen LogP contribution is -2.18. The molecule has 1 aromatic heterocycles. The van der Waals surface area contributed by atoms with Crippen LogP contribution in [0, 0.1) is 0 Å². The molecule has 1 rings (SSSR count). The van der Waals surface area contributed by atoms with E-state index < -0.39 is 29.7 Å². The third kappa shape index (κ3) is 2.83. The summed E-state index contributed by atoms with van der Waals surface area (Å²) >= 11 is 0. The summed E-state index contributed by atoms with van der Waals surface area (Å²) in [4.78, 5) is 23.1. The van der Waals surface area contributed by atoms with Gasteiger partial charge in [0.05, 0.1) is 6.42 Å². The van der Waals surface area contributed by atoms with Crippen molar-refractivity contribution in [1.29, 1.82) is 0 Å². The number of rotatable bonds is 2. The SMILES string of the molecule is O=C(O)Cc1c[nH]c(C(F)(F)F)cc1=O. The molecular weight excluding hydrogens is 215 g/mol. The van der Waals surface area contributed by atoms with Gasteiger partial charge in [-0.25, -0.2) is 0 Å². The van der Waals surface area contributed by atoms with Gasteiger partial charge in [-0.15, -0.1) is 0 Å². The molecule has 0 fully saturated rings. The molecule has 1 heterocycles. The molecule has 7 heteroatoms. The Morgan fingerprint density at radius 1 is 1.47 bits per heavy atom. The van der Waals surface area contributed by atoms with Gasteiger partial charge in [0.15, 0.2) is 5.43 Å². The lowest BCUT2D eigenvalue weighted by atomic mass is 10.2. The highest BCUT2D eigenvalue weighted by Gasteiger charge is 2.32. The minimum atomic E-state index is -4.64. The number of aromatic nitrogens is 1. The zero-order valence-electron chi connectivity index (χ0n) is 7.26. The summed E-state index contributed by atoms with van der Waals surface area (Å²) in [7, 11) is 0. The summed E-state index contributed by atoms with van der Waals surface area (Å²) in [6, 6.07) is 0.346. The Hall–Kier alpha value is -1.79. The molecule has 0 aliphatic carbocycles. The Labute approximate surface area is 81.4 Å². The van der Waals surface area contributed by atoms with Crippen LogP contribution in [0.15, 0.2) is 17.1 Å². The van der Waals surface area contributed by atoms with Gasteiger partial charge in [-0.1, -0.05) is 0 Å². The molecule has 15 heavy (non-hydrogen) atoms. The van der Waals surface area contributed by atoms with E-state index in [1.165, 1.54) is 0 Å². The van der Waals surface area contributed by atoms with Gasteiger partial charge in [-0.3, -0.25) is 9.59 Å². The number of hydrogen-bond acceptors (Lipinski definition) is 2. The van der Waals surface area contributed by atoms with Gasteiger partial charge in [0, 0.05) is 17.8 Å². The molecule has 0 amide bonds. The summed E-state index contributed by atoms with van der Waals surface area (Å²) in [6.45, 7) is 0. The van der Waals surface area contributed by atoms with Crippen molar-refractivity contribution in [3.63, 3.8) is 0 Å². The molecule has 0 bridgehead atoms. The fourth-order valence-corrected chi connectivity index (χ4v) is 0.966. The number of H-pyrrole nitrogens is 1. The van der Waals surface area contributed by atoms with E-state index in [9.17, 15) is 22.8 Å². The maximum Gasteiger partial charge on any atom is 0.431 e. The first-order valence-electron chi connectivity index (χ1n) is 3.81. The maximum absolute atomic E-state index is 12.1. The van der Waals surface area contributed by atoms with Crippen molar-refractivity contribution in [3.05, 3.63) is 33.7 Å². The molecule has 0 atom stereocenters. The second kappa shape index (κ2) is 3.76. The molecule has 0 aliphatic heterocycles. The number of carboxylic acids is 1. The first kappa shape index (κ1) is 11.3. The largest absolute Gasteiger partial charge is 0.481 e. The highest BCUT2D eigenvalue weighted by atomic mass is 19.4. The van der Waals surface area contributed by atoms with E-state index in [4.69, 9.17) is 5.11 Å². The molecular formula is C8H6F3NO3. The van der Waals surface area contributed by atoms with E-state index in [0.29, 0.717) is 6.07 Å². The Balaban J connectivity index is 3.09.